The first kappa shape index (κ1) is 10.2. The third kappa shape index (κ3) is 2.19. The number of epoxide rings is 1. The van der Waals surface area contributed by atoms with E-state index < -0.39 is 0 Å². The van der Waals surface area contributed by atoms with Crippen LogP contribution in [0.4, 0.5) is 0 Å². The molecule has 1 heterocycles. The summed E-state index contributed by atoms with van der Waals surface area (Å²) in [6, 6.07) is 0. The minimum Gasteiger partial charge on any atom is -0.396 e. The highest BCUT2D eigenvalue weighted by molar-refractivity contribution is 6.18. The van der Waals surface area contributed by atoms with Crippen LogP contribution in [0.2, 0.25) is 0 Å². The van der Waals surface area contributed by atoms with Gasteiger partial charge in [0, 0.05) is 12.0 Å². The Balaban J connectivity index is 0.000000128. The van der Waals surface area contributed by atoms with Crippen molar-refractivity contribution in [2.45, 2.75) is 12.5 Å². The molecule has 2 aliphatic carbocycles. The fraction of sp³-hybridized carbons (Fsp3) is 0.636. The van der Waals surface area contributed by atoms with Crippen LogP contribution in [0.3, 0.4) is 0 Å². The van der Waals surface area contributed by atoms with Gasteiger partial charge in [0.1, 0.15) is 0 Å². The second kappa shape index (κ2) is 4.05. The van der Waals surface area contributed by atoms with E-state index in [-0.39, 0.29) is 0 Å². The predicted octanol–water partition coefficient (Wildman–Crippen LogP) is 1.73. The summed E-state index contributed by atoms with van der Waals surface area (Å²) in [7, 11) is 0. The van der Waals surface area contributed by atoms with Gasteiger partial charge in [-0.15, -0.1) is 11.6 Å². The van der Waals surface area contributed by atoms with Crippen molar-refractivity contribution in [1.82, 2.24) is 0 Å². The van der Waals surface area contributed by atoms with Gasteiger partial charge < -0.3 is 9.84 Å². The summed E-state index contributed by atoms with van der Waals surface area (Å²) in [5.74, 6) is 1.19. The molecule has 1 spiro atoms. The fourth-order valence-electron chi connectivity index (χ4n) is 1.69. The maximum Gasteiger partial charge on any atom is 0.0944 e. The van der Waals surface area contributed by atoms with Gasteiger partial charge in [-0.25, -0.2) is 0 Å². The molecule has 3 heteroatoms. The molecule has 0 bridgehead atoms. The van der Waals surface area contributed by atoms with Gasteiger partial charge in [0.25, 0.3) is 0 Å². The first-order valence-electron chi connectivity index (χ1n) is 4.96. The lowest BCUT2D eigenvalue weighted by molar-refractivity contribution is 0.266. The van der Waals surface area contributed by atoms with Crippen molar-refractivity contribution in [2.24, 2.45) is 11.3 Å². The number of hydrogen-bond acceptors (Lipinski definition) is 2. The second-order valence-electron chi connectivity index (χ2n) is 4.02. The minimum atomic E-state index is 0.300. The Morgan fingerprint density at radius 2 is 2.07 bits per heavy atom. The van der Waals surface area contributed by atoms with Gasteiger partial charge >= 0.3 is 0 Å². The molecule has 0 aromatic carbocycles. The van der Waals surface area contributed by atoms with Gasteiger partial charge in [-0.05, 0) is 12.3 Å². The van der Waals surface area contributed by atoms with Crippen LogP contribution in [-0.4, -0.2) is 30.3 Å². The number of ether oxygens (including phenoxy) is 1. The lowest BCUT2D eigenvalue weighted by Gasteiger charge is -1.98. The zero-order valence-electron chi connectivity index (χ0n) is 8.03. The molecule has 2 fully saturated rings. The Hall–Kier alpha value is -0.310. The number of aliphatic hydroxyl groups is 1. The molecular weight excluding hydrogens is 200 g/mol. The monoisotopic (exact) mass is 214 g/mol. The zero-order chi connectivity index (χ0) is 10.0. The van der Waals surface area contributed by atoms with E-state index in [1.165, 1.54) is 0 Å². The van der Waals surface area contributed by atoms with Crippen molar-refractivity contribution in [3.8, 4) is 0 Å². The van der Waals surface area contributed by atoms with Crippen LogP contribution in [0.25, 0.3) is 0 Å². The standard InChI is InChI=1S/C8H10O.C3H5ClO/c9-6-7-5-8(7)3-1-2-4-8;4-1-3-2-5-3/h1-4,7,9H,5-6H2;3H,1-2H2. The van der Waals surface area contributed by atoms with Gasteiger partial charge in [-0.3, -0.25) is 0 Å². The lowest BCUT2D eigenvalue weighted by Crippen LogP contribution is -1.95. The molecule has 0 aromatic heterocycles. The molecule has 1 N–H and O–H groups in total. The smallest absolute Gasteiger partial charge is 0.0944 e. The third-order valence-corrected chi connectivity index (χ3v) is 3.26. The van der Waals surface area contributed by atoms with Crippen molar-refractivity contribution >= 4 is 11.6 Å². The molecule has 3 aliphatic rings. The van der Waals surface area contributed by atoms with Crippen molar-refractivity contribution in [2.75, 3.05) is 19.1 Å². The van der Waals surface area contributed by atoms with Crippen LogP contribution in [0.1, 0.15) is 6.42 Å². The molecule has 2 unspecified atom stereocenters. The van der Waals surface area contributed by atoms with Crippen LogP contribution in [0.5, 0.6) is 0 Å². The molecule has 1 aliphatic heterocycles. The van der Waals surface area contributed by atoms with E-state index in [2.05, 4.69) is 24.3 Å². The summed E-state index contributed by atoms with van der Waals surface area (Å²) in [4.78, 5) is 0. The van der Waals surface area contributed by atoms with Gasteiger partial charge in [0.2, 0.25) is 0 Å². The van der Waals surface area contributed by atoms with E-state index >= 15 is 0 Å². The van der Waals surface area contributed by atoms with Crippen LogP contribution >= 0.6 is 11.6 Å². The topological polar surface area (TPSA) is 32.8 Å². The third-order valence-electron chi connectivity index (χ3n) is 2.92. The Morgan fingerprint density at radius 1 is 1.43 bits per heavy atom. The van der Waals surface area contributed by atoms with Crippen LogP contribution in [0, 0.1) is 11.3 Å². The Kier molecular flexibility index (Phi) is 2.96. The summed E-state index contributed by atoms with van der Waals surface area (Å²) in [5.41, 5.74) is 0.300. The summed E-state index contributed by atoms with van der Waals surface area (Å²) < 4.78 is 4.73. The first-order valence-corrected chi connectivity index (χ1v) is 5.49. The van der Waals surface area contributed by atoms with Crippen LogP contribution in [0.15, 0.2) is 24.3 Å². The van der Waals surface area contributed by atoms with E-state index in [0.717, 1.165) is 13.0 Å². The summed E-state index contributed by atoms with van der Waals surface area (Å²) in [5, 5.41) is 8.76. The predicted molar refractivity (Wildman–Crippen MR) is 56.4 cm³/mol. The number of allylic oxidation sites excluding steroid dienone is 4. The molecule has 78 valence electrons. The zero-order valence-corrected chi connectivity index (χ0v) is 8.78. The summed E-state index contributed by atoms with van der Waals surface area (Å²) in [6.45, 7) is 1.22. The number of hydrogen-bond donors (Lipinski definition) is 1. The number of halogens is 1. The average molecular weight is 215 g/mol. The molecule has 0 amide bonds. The molecule has 14 heavy (non-hydrogen) atoms. The quantitative estimate of drug-likeness (QED) is 0.561. The molecule has 3 rings (SSSR count). The Labute approximate surface area is 89.2 Å². The Bertz CT molecular complexity index is 244. The highest BCUT2D eigenvalue weighted by atomic mass is 35.5. The van der Waals surface area contributed by atoms with Gasteiger partial charge in [0.15, 0.2) is 0 Å². The van der Waals surface area contributed by atoms with E-state index in [4.69, 9.17) is 21.4 Å². The lowest BCUT2D eigenvalue weighted by atomic mass is 10.1. The highest BCUT2D eigenvalue weighted by Crippen LogP contribution is 2.56. The van der Waals surface area contributed by atoms with Crippen molar-refractivity contribution < 1.29 is 9.84 Å². The highest BCUT2D eigenvalue weighted by Gasteiger charge is 2.50. The van der Waals surface area contributed by atoms with Crippen LogP contribution < -0.4 is 0 Å². The average Bonchev–Trinajstić information content (AvgIpc) is 3.07. The maximum atomic E-state index is 8.76. The van der Waals surface area contributed by atoms with Gasteiger partial charge in [-0.1, -0.05) is 24.3 Å². The normalized spacial score (nSPS) is 34.1. The number of aliphatic hydroxyl groups excluding tert-OH is 1. The summed E-state index contributed by atoms with van der Waals surface area (Å²) >= 11 is 5.27. The van der Waals surface area contributed by atoms with E-state index in [1.807, 2.05) is 0 Å². The van der Waals surface area contributed by atoms with E-state index in [1.54, 1.807) is 0 Å². The fourth-order valence-corrected chi connectivity index (χ4v) is 1.87. The van der Waals surface area contributed by atoms with Crippen molar-refractivity contribution in [3.63, 3.8) is 0 Å². The molecule has 2 atom stereocenters. The van der Waals surface area contributed by atoms with Crippen molar-refractivity contribution in [3.05, 3.63) is 24.3 Å². The number of rotatable bonds is 2. The van der Waals surface area contributed by atoms with Crippen LogP contribution in [-0.2, 0) is 4.74 Å². The van der Waals surface area contributed by atoms with Gasteiger partial charge in [0.05, 0.1) is 18.6 Å². The van der Waals surface area contributed by atoms with Crippen molar-refractivity contribution in [1.29, 1.82) is 0 Å². The largest absolute Gasteiger partial charge is 0.396 e. The van der Waals surface area contributed by atoms with E-state index in [0.29, 0.717) is 29.9 Å². The molecule has 0 aromatic rings. The minimum absolute atomic E-state index is 0.300. The Morgan fingerprint density at radius 3 is 2.36 bits per heavy atom. The molecule has 1 saturated carbocycles. The summed E-state index contributed by atoms with van der Waals surface area (Å²) in [6.07, 6.45) is 10.1. The molecule has 2 nitrogen and oxygen atoms in total. The molecular formula is C11H15ClO2. The van der Waals surface area contributed by atoms with E-state index in [9.17, 15) is 0 Å². The number of alkyl halides is 1. The van der Waals surface area contributed by atoms with Gasteiger partial charge in [-0.2, -0.15) is 0 Å². The first-order chi connectivity index (χ1) is 6.80. The molecule has 1 saturated heterocycles. The maximum absolute atomic E-state index is 8.76. The molecule has 0 radical (unpaired) electrons. The second-order valence-corrected chi connectivity index (χ2v) is 4.33. The SMILES string of the molecule is ClCC1CO1.OCC1CC12C=CC=C2.